The van der Waals surface area contributed by atoms with Crippen molar-refractivity contribution in [1.82, 2.24) is 15.1 Å². The fourth-order valence-electron chi connectivity index (χ4n) is 1.76. The molecule has 5 heteroatoms. The Morgan fingerprint density at radius 1 is 1.62 bits per heavy atom. The fourth-order valence-corrected chi connectivity index (χ4v) is 3.02. The molecule has 86 valence electrons. The molecule has 2 heterocycles. The summed E-state index contributed by atoms with van der Waals surface area (Å²) >= 11 is 5.27. The minimum Gasteiger partial charge on any atom is -0.305 e. The number of aromatic nitrogens is 2. The highest BCUT2D eigenvalue weighted by Crippen LogP contribution is 2.29. The van der Waals surface area contributed by atoms with E-state index in [1.165, 1.54) is 11.3 Å². The molecule has 0 bridgehead atoms. The molecule has 0 aliphatic carbocycles. The lowest BCUT2D eigenvalue weighted by Crippen LogP contribution is -2.24. The molecular formula is C11H14BrN3S. The third-order valence-corrected chi connectivity index (χ3v) is 3.81. The van der Waals surface area contributed by atoms with Gasteiger partial charge in [0.1, 0.15) is 0 Å². The van der Waals surface area contributed by atoms with Gasteiger partial charge in [0.25, 0.3) is 0 Å². The van der Waals surface area contributed by atoms with E-state index in [1.807, 2.05) is 17.9 Å². The van der Waals surface area contributed by atoms with Gasteiger partial charge < -0.3 is 5.32 Å². The third-order valence-electron chi connectivity index (χ3n) is 2.50. The SMILES string of the molecule is CCNC(c1ccsc1)c1c(Br)cnn1C. The van der Waals surface area contributed by atoms with Crippen LogP contribution in [0.2, 0.25) is 0 Å². The van der Waals surface area contributed by atoms with Crippen molar-refractivity contribution in [3.05, 3.63) is 38.8 Å². The van der Waals surface area contributed by atoms with E-state index in [0.717, 1.165) is 11.0 Å². The first-order valence-electron chi connectivity index (χ1n) is 5.17. The summed E-state index contributed by atoms with van der Waals surface area (Å²) in [6, 6.07) is 2.36. The average Bonchev–Trinajstić information content (AvgIpc) is 2.87. The Hall–Kier alpha value is -0.650. The van der Waals surface area contributed by atoms with E-state index in [2.05, 4.69) is 50.1 Å². The van der Waals surface area contributed by atoms with E-state index < -0.39 is 0 Å². The van der Waals surface area contributed by atoms with Gasteiger partial charge in [0.2, 0.25) is 0 Å². The Labute approximate surface area is 108 Å². The minimum absolute atomic E-state index is 0.207. The van der Waals surface area contributed by atoms with Crippen molar-refractivity contribution in [1.29, 1.82) is 0 Å². The number of thiophene rings is 1. The minimum atomic E-state index is 0.207. The largest absolute Gasteiger partial charge is 0.305 e. The standard InChI is InChI=1S/C11H14BrN3S/c1-3-13-10(8-4-5-16-7-8)11-9(12)6-14-15(11)2/h4-7,10,13H,3H2,1-2H3. The second-order valence-corrected chi connectivity index (χ2v) is 5.18. The van der Waals surface area contributed by atoms with Gasteiger partial charge in [-0.05, 0) is 44.9 Å². The van der Waals surface area contributed by atoms with E-state index in [-0.39, 0.29) is 6.04 Å². The molecule has 0 saturated heterocycles. The van der Waals surface area contributed by atoms with Gasteiger partial charge in [0, 0.05) is 7.05 Å². The molecule has 0 saturated carbocycles. The van der Waals surface area contributed by atoms with Crippen LogP contribution in [-0.2, 0) is 7.05 Å². The predicted molar refractivity (Wildman–Crippen MR) is 70.7 cm³/mol. The number of aryl methyl sites for hydroxylation is 1. The highest BCUT2D eigenvalue weighted by Gasteiger charge is 2.19. The summed E-state index contributed by atoms with van der Waals surface area (Å²) in [7, 11) is 1.97. The second kappa shape index (κ2) is 5.12. The fraction of sp³-hybridized carbons (Fsp3) is 0.364. The van der Waals surface area contributed by atoms with Crippen molar-refractivity contribution < 1.29 is 0 Å². The second-order valence-electron chi connectivity index (χ2n) is 3.55. The lowest BCUT2D eigenvalue weighted by molar-refractivity contribution is 0.572. The van der Waals surface area contributed by atoms with Crippen LogP contribution in [0.1, 0.15) is 24.2 Å². The number of hydrogen-bond donors (Lipinski definition) is 1. The molecular weight excluding hydrogens is 286 g/mol. The summed E-state index contributed by atoms with van der Waals surface area (Å²) in [6.45, 7) is 3.04. The zero-order valence-electron chi connectivity index (χ0n) is 9.27. The van der Waals surface area contributed by atoms with Crippen LogP contribution < -0.4 is 5.32 Å². The first kappa shape index (κ1) is 11.8. The van der Waals surface area contributed by atoms with Gasteiger partial charge >= 0.3 is 0 Å². The molecule has 1 atom stereocenters. The van der Waals surface area contributed by atoms with E-state index in [1.54, 1.807) is 11.3 Å². The van der Waals surface area contributed by atoms with Crippen molar-refractivity contribution in [2.75, 3.05) is 6.54 Å². The molecule has 0 aliphatic rings. The third kappa shape index (κ3) is 2.21. The van der Waals surface area contributed by atoms with Crippen molar-refractivity contribution >= 4 is 27.3 Å². The van der Waals surface area contributed by atoms with Crippen molar-refractivity contribution in [2.24, 2.45) is 7.05 Å². The Morgan fingerprint density at radius 2 is 2.44 bits per heavy atom. The van der Waals surface area contributed by atoms with Gasteiger partial charge in [-0.3, -0.25) is 4.68 Å². The number of nitrogens with zero attached hydrogens (tertiary/aromatic N) is 2. The van der Waals surface area contributed by atoms with E-state index >= 15 is 0 Å². The maximum absolute atomic E-state index is 4.26. The maximum Gasteiger partial charge on any atom is 0.0767 e. The molecule has 2 rings (SSSR count). The monoisotopic (exact) mass is 299 g/mol. The lowest BCUT2D eigenvalue weighted by Gasteiger charge is -2.17. The average molecular weight is 300 g/mol. The molecule has 0 amide bonds. The Bertz CT molecular complexity index is 430. The van der Waals surface area contributed by atoms with Crippen LogP contribution in [0.5, 0.6) is 0 Å². The molecule has 16 heavy (non-hydrogen) atoms. The van der Waals surface area contributed by atoms with Crippen LogP contribution >= 0.6 is 27.3 Å². The molecule has 0 aliphatic heterocycles. The highest BCUT2D eigenvalue weighted by atomic mass is 79.9. The summed E-state index contributed by atoms with van der Waals surface area (Å²) in [4.78, 5) is 0. The molecule has 0 spiro atoms. The summed E-state index contributed by atoms with van der Waals surface area (Å²) in [6.07, 6.45) is 1.84. The molecule has 3 nitrogen and oxygen atoms in total. The zero-order valence-corrected chi connectivity index (χ0v) is 11.7. The first-order valence-corrected chi connectivity index (χ1v) is 6.90. The molecule has 2 aromatic rings. The van der Waals surface area contributed by atoms with Gasteiger partial charge in [-0.1, -0.05) is 6.92 Å². The van der Waals surface area contributed by atoms with Gasteiger partial charge in [0.15, 0.2) is 0 Å². The Balaban J connectivity index is 2.40. The van der Waals surface area contributed by atoms with Gasteiger partial charge in [-0.2, -0.15) is 16.4 Å². The van der Waals surface area contributed by atoms with E-state index in [9.17, 15) is 0 Å². The summed E-state index contributed by atoms with van der Waals surface area (Å²) in [5, 5.41) is 12.0. The molecule has 0 fully saturated rings. The Kier molecular flexibility index (Phi) is 3.78. The number of rotatable bonds is 4. The zero-order chi connectivity index (χ0) is 11.5. The normalized spacial score (nSPS) is 12.9. The van der Waals surface area contributed by atoms with Crippen LogP contribution in [0.4, 0.5) is 0 Å². The van der Waals surface area contributed by atoms with E-state index in [0.29, 0.717) is 0 Å². The maximum atomic E-state index is 4.26. The first-order chi connectivity index (χ1) is 7.74. The Morgan fingerprint density at radius 3 is 2.94 bits per heavy atom. The van der Waals surface area contributed by atoms with Crippen LogP contribution in [0, 0.1) is 0 Å². The van der Waals surface area contributed by atoms with Crippen LogP contribution in [0.15, 0.2) is 27.5 Å². The number of nitrogens with one attached hydrogen (secondary N) is 1. The summed E-state index contributed by atoms with van der Waals surface area (Å²) in [5.74, 6) is 0. The van der Waals surface area contributed by atoms with Gasteiger partial charge in [-0.25, -0.2) is 0 Å². The lowest BCUT2D eigenvalue weighted by atomic mass is 10.1. The van der Waals surface area contributed by atoms with Crippen molar-refractivity contribution in [3.63, 3.8) is 0 Å². The molecule has 0 aromatic carbocycles. The molecule has 1 unspecified atom stereocenters. The number of halogens is 1. The predicted octanol–water partition coefficient (Wildman–Crippen LogP) is 2.94. The van der Waals surface area contributed by atoms with Crippen LogP contribution in [0.3, 0.4) is 0 Å². The van der Waals surface area contributed by atoms with Crippen LogP contribution in [-0.4, -0.2) is 16.3 Å². The molecule has 1 N–H and O–H groups in total. The van der Waals surface area contributed by atoms with Crippen molar-refractivity contribution in [2.45, 2.75) is 13.0 Å². The number of hydrogen-bond acceptors (Lipinski definition) is 3. The quantitative estimate of drug-likeness (QED) is 0.941. The summed E-state index contributed by atoms with van der Waals surface area (Å²) < 4.78 is 2.96. The van der Waals surface area contributed by atoms with Crippen molar-refractivity contribution in [3.8, 4) is 0 Å². The van der Waals surface area contributed by atoms with Gasteiger partial charge in [-0.15, -0.1) is 0 Å². The van der Waals surface area contributed by atoms with Crippen LogP contribution in [0.25, 0.3) is 0 Å². The molecule has 2 aromatic heterocycles. The summed E-state index contributed by atoms with van der Waals surface area (Å²) in [5.41, 5.74) is 2.46. The highest BCUT2D eigenvalue weighted by molar-refractivity contribution is 9.10. The smallest absolute Gasteiger partial charge is 0.0767 e. The topological polar surface area (TPSA) is 29.9 Å². The van der Waals surface area contributed by atoms with E-state index in [4.69, 9.17) is 0 Å². The van der Waals surface area contributed by atoms with Gasteiger partial charge in [0.05, 0.1) is 22.4 Å². The molecule has 0 radical (unpaired) electrons.